The van der Waals surface area contributed by atoms with Gasteiger partial charge in [-0.1, -0.05) is 0 Å². The fraction of sp³-hybridized carbons (Fsp3) is 0.875. The lowest BCUT2D eigenvalue weighted by atomic mass is 10.0. The highest BCUT2D eigenvalue weighted by Gasteiger charge is 2.58. The number of carbonyl (C=O) groups is 1. The van der Waals surface area contributed by atoms with Crippen molar-refractivity contribution >= 4 is 26.0 Å². The van der Waals surface area contributed by atoms with Gasteiger partial charge in [0.05, 0.1) is 0 Å². The highest BCUT2D eigenvalue weighted by atomic mass is 32.3. The number of carbonyl (C=O) groups excluding carboxylic acids is 1. The van der Waals surface area contributed by atoms with Gasteiger partial charge in [0.15, 0.2) is 26.0 Å². The fourth-order valence-electron chi connectivity index (χ4n) is 1.40. The molecule has 20 heavy (non-hydrogen) atoms. The average Bonchev–Trinajstić information content (AvgIpc) is 2.31. The molecule has 12 heteroatoms. The summed E-state index contributed by atoms with van der Waals surface area (Å²) in [6.07, 6.45) is -9.83. The molecule has 0 fully saturated rings. The van der Waals surface area contributed by atoms with E-state index < -0.39 is 48.4 Å². The standard InChI is InChI=1S/C8H16O10S2/c1-19(15,16)8(14,20(2,17)18)7(13)6(12)5(11)4(10)3-9/h3-7,10-14H,1-2H3/t4-,5+,6-,7-/m0/s1. The van der Waals surface area contributed by atoms with E-state index in [0.717, 1.165) is 0 Å². The van der Waals surface area contributed by atoms with Crippen LogP contribution in [0.1, 0.15) is 0 Å². The summed E-state index contributed by atoms with van der Waals surface area (Å²) >= 11 is 0. The van der Waals surface area contributed by atoms with Crippen molar-refractivity contribution < 1.29 is 47.2 Å². The zero-order valence-corrected chi connectivity index (χ0v) is 12.1. The van der Waals surface area contributed by atoms with E-state index >= 15 is 0 Å². The monoisotopic (exact) mass is 336 g/mol. The van der Waals surface area contributed by atoms with Crippen LogP contribution in [0.25, 0.3) is 0 Å². The molecule has 0 aliphatic carbocycles. The van der Waals surface area contributed by atoms with Crippen molar-refractivity contribution in [3.8, 4) is 0 Å². The second kappa shape index (κ2) is 6.01. The van der Waals surface area contributed by atoms with Gasteiger partial charge in [-0.3, -0.25) is 0 Å². The molecule has 0 heterocycles. The smallest absolute Gasteiger partial charge is 0.296 e. The Morgan fingerprint density at radius 1 is 0.900 bits per heavy atom. The van der Waals surface area contributed by atoms with E-state index in [-0.39, 0.29) is 18.8 Å². The predicted molar refractivity (Wildman–Crippen MR) is 64.7 cm³/mol. The third-order valence-electron chi connectivity index (χ3n) is 2.60. The normalized spacial score (nSPS) is 19.9. The van der Waals surface area contributed by atoms with Crippen LogP contribution in [0.2, 0.25) is 0 Å². The third-order valence-corrected chi connectivity index (χ3v) is 7.02. The van der Waals surface area contributed by atoms with Crippen LogP contribution in [-0.2, 0) is 24.5 Å². The van der Waals surface area contributed by atoms with E-state index in [2.05, 4.69) is 0 Å². The minimum absolute atomic E-state index is 0.236. The number of rotatable bonds is 7. The van der Waals surface area contributed by atoms with Crippen LogP contribution in [0.4, 0.5) is 0 Å². The van der Waals surface area contributed by atoms with Gasteiger partial charge in [0.25, 0.3) is 4.27 Å². The van der Waals surface area contributed by atoms with Crippen molar-refractivity contribution in [2.45, 2.75) is 28.7 Å². The quantitative estimate of drug-likeness (QED) is 0.283. The molecule has 0 saturated heterocycles. The number of sulfone groups is 2. The van der Waals surface area contributed by atoms with Crippen molar-refractivity contribution in [3.05, 3.63) is 0 Å². The molecule has 0 rings (SSSR count). The molecule has 0 spiro atoms. The lowest BCUT2D eigenvalue weighted by Crippen LogP contribution is -2.62. The van der Waals surface area contributed by atoms with Gasteiger partial charge < -0.3 is 30.3 Å². The van der Waals surface area contributed by atoms with Crippen molar-refractivity contribution in [3.63, 3.8) is 0 Å². The van der Waals surface area contributed by atoms with E-state index in [9.17, 15) is 42.1 Å². The maximum absolute atomic E-state index is 11.4. The first-order valence-corrected chi connectivity index (χ1v) is 8.79. The Kier molecular flexibility index (Phi) is 5.82. The summed E-state index contributed by atoms with van der Waals surface area (Å²) in [7, 11) is -9.71. The molecule has 0 bridgehead atoms. The SMILES string of the molecule is CS(=O)(=O)C(O)([C@@H](O)[C@@H](O)[C@H](O)[C@@H](O)C=O)S(C)(=O)=O. The summed E-state index contributed by atoms with van der Waals surface area (Å²) in [6.45, 7) is 0. The molecule has 120 valence electrons. The number of hydrogen-bond donors (Lipinski definition) is 5. The maximum Gasteiger partial charge on any atom is 0.296 e. The second-order valence-corrected chi connectivity index (χ2v) is 8.82. The first-order chi connectivity index (χ1) is 8.71. The molecular formula is C8H16O10S2. The van der Waals surface area contributed by atoms with Crippen LogP contribution in [0.15, 0.2) is 0 Å². The maximum atomic E-state index is 11.4. The molecule has 0 aliphatic heterocycles. The van der Waals surface area contributed by atoms with Crippen LogP contribution in [-0.4, -0.2) is 89.8 Å². The van der Waals surface area contributed by atoms with Crippen molar-refractivity contribution in [1.82, 2.24) is 0 Å². The summed E-state index contributed by atoms with van der Waals surface area (Å²) < 4.78 is 41.8. The van der Waals surface area contributed by atoms with E-state index in [0.29, 0.717) is 0 Å². The topological polar surface area (TPSA) is 186 Å². The summed E-state index contributed by atoms with van der Waals surface area (Å²) in [5.74, 6) is 0. The Hall–Kier alpha value is -0.630. The van der Waals surface area contributed by atoms with Crippen LogP contribution in [0, 0.1) is 0 Å². The summed E-state index contributed by atoms with van der Waals surface area (Å²) in [5, 5.41) is 47.0. The molecule has 0 aromatic rings. The summed E-state index contributed by atoms with van der Waals surface area (Å²) in [6, 6.07) is 0. The van der Waals surface area contributed by atoms with Crippen molar-refractivity contribution in [2.75, 3.05) is 12.5 Å². The Balaban J connectivity index is 5.85. The van der Waals surface area contributed by atoms with E-state index in [1.54, 1.807) is 0 Å². The van der Waals surface area contributed by atoms with Crippen molar-refractivity contribution in [1.29, 1.82) is 0 Å². The number of aliphatic hydroxyl groups is 5. The Morgan fingerprint density at radius 2 is 1.25 bits per heavy atom. The highest BCUT2D eigenvalue weighted by Crippen LogP contribution is 2.28. The molecule has 0 radical (unpaired) electrons. The average molecular weight is 336 g/mol. The van der Waals surface area contributed by atoms with Gasteiger partial charge in [-0.25, -0.2) is 16.8 Å². The third kappa shape index (κ3) is 3.33. The molecule has 5 N–H and O–H groups in total. The van der Waals surface area contributed by atoms with E-state index in [4.69, 9.17) is 5.11 Å². The Morgan fingerprint density at radius 3 is 1.50 bits per heavy atom. The molecule has 0 unspecified atom stereocenters. The zero-order chi connectivity index (χ0) is 16.5. The van der Waals surface area contributed by atoms with E-state index in [1.807, 2.05) is 0 Å². The fourth-order valence-corrected chi connectivity index (χ4v) is 4.75. The largest absolute Gasteiger partial charge is 0.387 e. The summed E-state index contributed by atoms with van der Waals surface area (Å²) in [4.78, 5) is 10.2. The molecule has 0 aliphatic rings. The number of aliphatic hydroxyl groups excluding tert-OH is 4. The molecule has 0 aromatic carbocycles. The number of hydrogen-bond acceptors (Lipinski definition) is 10. The van der Waals surface area contributed by atoms with Gasteiger partial charge >= 0.3 is 0 Å². The van der Waals surface area contributed by atoms with Gasteiger partial charge in [0, 0.05) is 12.5 Å². The number of aldehydes is 1. The summed E-state index contributed by atoms with van der Waals surface area (Å²) in [5.41, 5.74) is 0. The van der Waals surface area contributed by atoms with Crippen LogP contribution in [0.5, 0.6) is 0 Å². The predicted octanol–water partition coefficient (Wildman–Crippen LogP) is -4.64. The van der Waals surface area contributed by atoms with Gasteiger partial charge in [0.2, 0.25) is 0 Å². The minimum Gasteiger partial charge on any atom is -0.387 e. The molecule has 0 amide bonds. The van der Waals surface area contributed by atoms with Gasteiger partial charge in [0.1, 0.15) is 24.4 Å². The van der Waals surface area contributed by atoms with Crippen LogP contribution < -0.4 is 0 Å². The Bertz CT molecular complexity index is 518. The van der Waals surface area contributed by atoms with Gasteiger partial charge in [-0.15, -0.1) is 0 Å². The lowest BCUT2D eigenvalue weighted by Gasteiger charge is -2.34. The zero-order valence-electron chi connectivity index (χ0n) is 10.5. The first kappa shape index (κ1) is 19.4. The second-order valence-electron chi connectivity index (χ2n) is 4.23. The van der Waals surface area contributed by atoms with E-state index in [1.165, 1.54) is 0 Å². The highest BCUT2D eigenvalue weighted by molar-refractivity contribution is 8.09. The molecular weight excluding hydrogens is 320 g/mol. The molecule has 10 nitrogen and oxygen atoms in total. The Labute approximate surface area is 115 Å². The van der Waals surface area contributed by atoms with Gasteiger partial charge in [-0.05, 0) is 0 Å². The molecule has 4 atom stereocenters. The lowest BCUT2D eigenvalue weighted by molar-refractivity contribution is -0.141. The molecule has 0 saturated carbocycles. The first-order valence-electron chi connectivity index (χ1n) is 5.01. The van der Waals surface area contributed by atoms with Crippen molar-refractivity contribution in [2.24, 2.45) is 0 Å². The van der Waals surface area contributed by atoms with Crippen LogP contribution >= 0.6 is 0 Å². The molecule has 0 aromatic heterocycles. The van der Waals surface area contributed by atoms with Crippen LogP contribution in [0.3, 0.4) is 0 Å². The minimum atomic E-state index is -4.86. The van der Waals surface area contributed by atoms with Gasteiger partial charge in [-0.2, -0.15) is 0 Å².